The molecule has 0 saturated carbocycles. The van der Waals surface area contributed by atoms with E-state index >= 15 is 0 Å². The normalized spacial score (nSPS) is 10.6. The quantitative estimate of drug-likeness (QED) is 0.907. The second kappa shape index (κ2) is 4.85. The van der Waals surface area contributed by atoms with Gasteiger partial charge in [-0.3, -0.25) is 0 Å². The Morgan fingerprint density at radius 3 is 2.35 bits per heavy atom. The summed E-state index contributed by atoms with van der Waals surface area (Å²) in [4.78, 5) is 7.53. The molecule has 0 bridgehead atoms. The number of rotatable bonds is 3. The van der Waals surface area contributed by atoms with Gasteiger partial charge in [-0.1, -0.05) is 12.1 Å². The molecule has 0 aliphatic rings. The van der Waals surface area contributed by atoms with E-state index in [-0.39, 0.29) is 6.61 Å². The maximum absolute atomic E-state index is 9.08. The van der Waals surface area contributed by atoms with E-state index in [1.54, 1.807) is 11.3 Å². The summed E-state index contributed by atoms with van der Waals surface area (Å²) in [7, 11) is 4.05. The second-order valence-corrected chi connectivity index (χ2v) is 5.21. The first-order valence-electron chi connectivity index (χ1n) is 5.46. The fourth-order valence-corrected chi connectivity index (χ4v) is 2.63. The van der Waals surface area contributed by atoms with Gasteiger partial charge in [0.2, 0.25) is 0 Å². The summed E-state index contributed by atoms with van der Waals surface area (Å²) < 4.78 is 0. The summed E-state index contributed by atoms with van der Waals surface area (Å²) in [6.07, 6.45) is 0. The third kappa shape index (κ3) is 2.48. The minimum Gasteiger partial charge on any atom is -0.389 e. The van der Waals surface area contributed by atoms with Crippen molar-refractivity contribution in [3.05, 3.63) is 35.0 Å². The highest BCUT2D eigenvalue weighted by Gasteiger charge is 2.09. The Balaban J connectivity index is 2.36. The Hall–Kier alpha value is -1.39. The lowest BCUT2D eigenvalue weighted by molar-refractivity contribution is 0.281. The SMILES string of the molecule is Cc1nc(CO)sc1-c1ccc(N(C)C)cc1. The van der Waals surface area contributed by atoms with Gasteiger partial charge in [0.25, 0.3) is 0 Å². The van der Waals surface area contributed by atoms with E-state index in [9.17, 15) is 0 Å². The molecule has 0 spiro atoms. The molecule has 1 heterocycles. The van der Waals surface area contributed by atoms with Crippen LogP contribution in [-0.4, -0.2) is 24.2 Å². The number of aliphatic hydroxyl groups is 1. The number of hydrogen-bond donors (Lipinski definition) is 1. The summed E-state index contributed by atoms with van der Waals surface area (Å²) in [5, 5.41) is 9.85. The van der Waals surface area contributed by atoms with E-state index in [1.165, 1.54) is 5.69 Å². The largest absolute Gasteiger partial charge is 0.389 e. The van der Waals surface area contributed by atoms with Crippen molar-refractivity contribution in [1.29, 1.82) is 0 Å². The van der Waals surface area contributed by atoms with Gasteiger partial charge in [-0.2, -0.15) is 0 Å². The van der Waals surface area contributed by atoms with E-state index in [1.807, 2.05) is 21.0 Å². The number of nitrogens with zero attached hydrogens (tertiary/aromatic N) is 2. The molecule has 0 aliphatic heterocycles. The van der Waals surface area contributed by atoms with Crippen LogP contribution in [0.15, 0.2) is 24.3 Å². The van der Waals surface area contributed by atoms with Crippen molar-refractivity contribution in [3.63, 3.8) is 0 Å². The molecule has 90 valence electrons. The fraction of sp³-hybridized carbons (Fsp3) is 0.308. The van der Waals surface area contributed by atoms with Crippen LogP contribution in [0.25, 0.3) is 10.4 Å². The molecule has 2 rings (SSSR count). The lowest BCUT2D eigenvalue weighted by Crippen LogP contribution is -2.07. The molecule has 0 radical (unpaired) electrons. The maximum atomic E-state index is 9.08. The number of thiazole rings is 1. The molecule has 0 amide bonds. The van der Waals surface area contributed by atoms with Crippen LogP contribution in [-0.2, 0) is 6.61 Å². The van der Waals surface area contributed by atoms with Crippen molar-refractivity contribution in [2.75, 3.05) is 19.0 Å². The van der Waals surface area contributed by atoms with Crippen LogP contribution in [0, 0.1) is 6.92 Å². The molecule has 3 nitrogen and oxygen atoms in total. The smallest absolute Gasteiger partial charge is 0.119 e. The Bertz CT molecular complexity index is 503. The molecule has 0 saturated heterocycles. The van der Waals surface area contributed by atoms with Crippen LogP contribution < -0.4 is 4.90 Å². The molecule has 0 aliphatic carbocycles. The molecular formula is C13H16N2OS. The second-order valence-electron chi connectivity index (χ2n) is 4.12. The minimum atomic E-state index is 0.0152. The van der Waals surface area contributed by atoms with E-state index in [4.69, 9.17) is 5.11 Å². The van der Waals surface area contributed by atoms with Gasteiger partial charge in [0, 0.05) is 19.8 Å². The van der Waals surface area contributed by atoms with Gasteiger partial charge in [0.15, 0.2) is 0 Å². The summed E-state index contributed by atoms with van der Waals surface area (Å²) in [6, 6.07) is 8.37. The first-order chi connectivity index (χ1) is 8.11. The molecule has 4 heteroatoms. The van der Waals surface area contributed by atoms with E-state index in [2.05, 4.69) is 34.1 Å². The molecule has 1 N–H and O–H groups in total. The fourth-order valence-electron chi connectivity index (χ4n) is 1.70. The Kier molecular flexibility index (Phi) is 3.45. The van der Waals surface area contributed by atoms with Crippen molar-refractivity contribution in [3.8, 4) is 10.4 Å². The predicted octanol–water partition coefficient (Wildman–Crippen LogP) is 2.68. The molecule has 1 aromatic carbocycles. The van der Waals surface area contributed by atoms with Crippen LogP contribution in [0.4, 0.5) is 5.69 Å². The van der Waals surface area contributed by atoms with Gasteiger partial charge in [-0.25, -0.2) is 4.98 Å². The first kappa shape index (κ1) is 12.1. The van der Waals surface area contributed by atoms with Crippen molar-refractivity contribution in [2.45, 2.75) is 13.5 Å². The van der Waals surface area contributed by atoms with Crippen LogP contribution >= 0.6 is 11.3 Å². The number of hydrogen-bond acceptors (Lipinski definition) is 4. The van der Waals surface area contributed by atoms with Crippen molar-refractivity contribution < 1.29 is 5.11 Å². The van der Waals surface area contributed by atoms with Crippen LogP contribution in [0.3, 0.4) is 0 Å². The Morgan fingerprint density at radius 2 is 1.88 bits per heavy atom. The van der Waals surface area contributed by atoms with Crippen LogP contribution in [0.1, 0.15) is 10.7 Å². The van der Waals surface area contributed by atoms with Gasteiger partial charge in [-0.05, 0) is 24.6 Å². The number of aryl methyl sites for hydroxylation is 1. The van der Waals surface area contributed by atoms with Crippen molar-refractivity contribution in [1.82, 2.24) is 4.98 Å². The third-order valence-corrected chi connectivity index (χ3v) is 3.81. The zero-order valence-electron chi connectivity index (χ0n) is 10.3. The van der Waals surface area contributed by atoms with Crippen molar-refractivity contribution >= 4 is 17.0 Å². The Morgan fingerprint density at radius 1 is 1.24 bits per heavy atom. The molecule has 2 aromatic rings. The van der Waals surface area contributed by atoms with Gasteiger partial charge in [0.05, 0.1) is 17.2 Å². The van der Waals surface area contributed by atoms with E-state index in [0.29, 0.717) is 0 Å². The number of anilines is 1. The van der Waals surface area contributed by atoms with Crippen LogP contribution in [0.2, 0.25) is 0 Å². The summed E-state index contributed by atoms with van der Waals surface area (Å²) in [5.74, 6) is 0. The monoisotopic (exact) mass is 248 g/mol. The van der Waals surface area contributed by atoms with E-state index in [0.717, 1.165) is 21.1 Å². The first-order valence-corrected chi connectivity index (χ1v) is 6.28. The molecule has 1 aromatic heterocycles. The van der Waals surface area contributed by atoms with Gasteiger partial charge >= 0.3 is 0 Å². The van der Waals surface area contributed by atoms with E-state index < -0.39 is 0 Å². The average molecular weight is 248 g/mol. The van der Waals surface area contributed by atoms with Crippen LogP contribution in [0.5, 0.6) is 0 Å². The highest BCUT2D eigenvalue weighted by atomic mass is 32.1. The Labute approximate surface area is 105 Å². The zero-order chi connectivity index (χ0) is 12.4. The summed E-state index contributed by atoms with van der Waals surface area (Å²) in [6.45, 7) is 1.99. The predicted molar refractivity (Wildman–Crippen MR) is 72.5 cm³/mol. The molecule has 0 atom stereocenters. The topological polar surface area (TPSA) is 36.4 Å². The van der Waals surface area contributed by atoms with Crippen molar-refractivity contribution in [2.24, 2.45) is 0 Å². The van der Waals surface area contributed by atoms with Gasteiger partial charge < -0.3 is 10.0 Å². The van der Waals surface area contributed by atoms with Gasteiger partial charge in [0.1, 0.15) is 5.01 Å². The summed E-state index contributed by atoms with van der Waals surface area (Å²) in [5.41, 5.74) is 3.32. The highest BCUT2D eigenvalue weighted by Crippen LogP contribution is 2.31. The average Bonchev–Trinajstić information content (AvgIpc) is 2.71. The third-order valence-electron chi connectivity index (χ3n) is 2.62. The minimum absolute atomic E-state index is 0.0152. The number of benzene rings is 1. The maximum Gasteiger partial charge on any atom is 0.119 e. The lowest BCUT2D eigenvalue weighted by atomic mass is 10.1. The molecule has 0 unspecified atom stereocenters. The molecule has 17 heavy (non-hydrogen) atoms. The van der Waals surface area contributed by atoms with Gasteiger partial charge in [-0.15, -0.1) is 11.3 Å². The summed E-state index contributed by atoms with van der Waals surface area (Å²) >= 11 is 1.55. The molecule has 0 fully saturated rings. The number of aromatic nitrogens is 1. The standard InChI is InChI=1S/C13H16N2OS/c1-9-13(17-12(8-16)14-9)10-4-6-11(7-5-10)15(2)3/h4-7,16H,8H2,1-3H3. The molecular weight excluding hydrogens is 232 g/mol. The number of aliphatic hydroxyl groups excluding tert-OH is 1. The zero-order valence-corrected chi connectivity index (χ0v) is 11.1. The lowest BCUT2D eigenvalue weighted by Gasteiger charge is -2.12. The highest BCUT2D eigenvalue weighted by molar-refractivity contribution is 7.15.